The molecule has 2 N–H and O–H groups in total. The summed E-state index contributed by atoms with van der Waals surface area (Å²) in [6, 6.07) is 10.7. The summed E-state index contributed by atoms with van der Waals surface area (Å²) in [5.41, 5.74) is 1.68. The normalized spacial score (nSPS) is 25.6. The maximum Gasteiger partial charge on any atom is 0.303 e. The Morgan fingerprint density at radius 1 is 1.05 bits per heavy atom. The second-order valence-electron chi connectivity index (χ2n) is 15.4. The Morgan fingerprint density at radius 2 is 1.77 bits per heavy atom. The van der Waals surface area contributed by atoms with Gasteiger partial charge in [0.25, 0.3) is 0 Å². The first-order valence-corrected chi connectivity index (χ1v) is 19.9. The number of likely N-dealkylation sites (tertiary alicyclic amines) is 1. The minimum atomic E-state index is -1.30. The lowest BCUT2D eigenvalue weighted by molar-refractivity contribution is -0.142. The molecule has 1 saturated carbocycles. The predicted molar refractivity (Wildman–Crippen MR) is 213 cm³/mol. The van der Waals surface area contributed by atoms with Crippen molar-refractivity contribution in [1.82, 2.24) is 14.7 Å². The van der Waals surface area contributed by atoms with Crippen molar-refractivity contribution < 1.29 is 43.7 Å². The summed E-state index contributed by atoms with van der Waals surface area (Å²) in [6.45, 7) is 3.78. The van der Waals surface area contributed by atoms with Gasteiger partial charge in [-0.05, 0) is 85.9 Å². The Morgan fingerprint density at radius 3 is 2.46 bits per heavy atom. The van der Waals surface area contributed by atoms with Gasteiger partial charge >= 0.3 is 5.97 Å². The van der Waals surface area contributed by atoms with E-state index in [2.05, 4.69) is 0 Å². The van der Waals surface area contributed by atoms with Crippen molar-refractivity contribution in [3.05, 3.63) is 70.3 Å². The Kier molecular flexibility index (Phi) is 9.55. The number of halogens is 1. The molecule has 4 heterocycles. The highest BCUT2D eigenvalue weighted by molar-refractivity contribution is 7.22. The molecule has 296 valence electrons. The molecule has 8 rings (SSSR count). The third kappa shape index (κ3) is 5.94. The van der Waals surface area contributed by atoms with Crippen molar-refractivity contribution in [2.24, 2.45) is 42.1 Å². The van der Waals surface area contributed by atoms with Crippen LogP contribution in [0.15, 0.2) is 54.1 Å². The molecule has 4 aromatic rings. The quantitative estimate of drug-likeness (QED) is 0.131. The van der Waals surface area contributed by atoms with Crippen molar-refractivity contribution in [3.63, 3.8) is 0 Å². The molecule has 13 nitrogen and oxygen atoms in total. The minimum absolute atomic E-state index is 0.00561. The van der Waals surface area contributed by atoms with E-state index in [4.69, 9.17) is 26.2 Å². The number of aromatic nitrogens is 2. The molecule has 4 aliphatic rings. The molecule has 0 unspecified atom stereocenters. The zero-order valence-corrected chi connectivity index (χ0v) is 33.5. The number of hydrogen-bond donors (Lipinski definition) is 2. The van der Waals surface area contributed by atoms with E-state index >= 15 is 4.79 Å². The summed E-state index contributed by atoms with van der Waals surface area (Å²) in [4.78, 5) is 72.2. The number of fused-ring (bicyclic) bond motifs is 5. The molecule has 2 aromatic carbocycles. The first kappa shape index (κ1) is 38.4. The van der Waals surface area contributed by atoms with Gasteiger partial charge < -0.3 is 19.7 Å². The SMILES string of the molecule is COc1cc(C=C[C@H]2C3=CC[C@@H]4C(=O)N(CCCC(=O)O)C(=O)[C@@H]4[C@@H]3C[C@H]3C(=O)N(c4cc(-c5sc6ccc(Cl)cc6c5C)nn4C)C(=O)[C@@]23C)cc(OC)c1O. The van der Waals surface area contributed by atoms with E-state index < -0.39 is 52.8 Å². The van der Waals surface area contributed by atoms with Crippen molar-refractivity contribution in [2.75, 3.05) is 25.7 Å². The fourth-order valence-electron chi connectivity index (χ4n) is 9.54. The van der Waals surface area contributed by atoms with Gasteiger partial charge in [0.1, 0.15) is 11.5 Å². The zero-order chi connectivity index (χ0) is 40.7. The van der Waals surface area contributed by atoms with Crippen molar-refractivity contribution in [1.29, 1.82) is 0 Å². The molecule has 3 fully saturated rings. The number of carboxylic acids is 1. The Bertz CT molecular complexity index is 2440. The monoisotopic (exact) mass is 812 g/mol. The summed E-state index contributed by atoms with van der Waals surface area (Å²) in [7, 11) is 4.54. The van der Waals surface area contributed by atoms with Crippen molar-refractivity contribution >= 4 is 74.5 Å². The van der Waals surface area contributed by atoms with Gasteiger partial charge in [-0.2, -0.15) is 5.10 Å². The van der Waals surface area contributed by atoms with E-state index in [0.717, 1.165) is 26.1 Å². The molecule has 0 bridgehead atoms. The zero-order valence-electron chi connectivity index (χ0n) is 31.9. The topological polar surface area (TPSA) is 169 Å². The fourth-order valence-corrected chi connectivity index (χ4v) is 10.9. The van der Waals surface area contributed by atoms with E-state index in [-0.39, 0.29) is 61.3 Å². The maximum atomic E-state index is 15.1. The van der Waals surface area contributed by atoms with Gasteiger partial charge in [-0.25, -0.2) is 4.90 Å². The number of phenolic OH excluding ortho intramolecular Hbond substituents is 1. The molecule has 2 aromatic heterocycles. The summed E-state index contributed by atoms with van der Waals surface area (Å²) in [6.07, 6.45) is 5.97. The van der Waals surface area contributed by atoms with Gasteiger partial charge in [0.2, 0.25) is 29.4 Å². The smallest absolute Gasteiger partial charge is 0.303 e. The average Bonchev–Trinajstić information content (AvgIpc) is 3.85. The molecule has 0 spiro atoms. The van der Waals surface area contributed by atoms with E-state index in [9.17, 15) is 29.4 Å². The third-order valence-corrected chi connectivity index (χ3v) is 13.9. The number of rotatable bonds is 10. The molecule has 2 saturated heterocycles. The van der Waals surface area contributed by atoms with Gasteiger partial charge in [0.15, 0.2) is 11.5 Å². The minimum Gasteiger partial charge on any atom is -0.502 e. The predicted octanol–water partition coefficient (Wildman–Crippen LogP) is 6.63. The molecular weight excluding hydrogens is 772 g/mol. The number of aryl methyl sites for hydroxylation is 2. The number of carboxylic acid groups (broad SMARTS) is 1. The molecule has 57 heavy (non-hydrogen) atoms. The van der Waals surface area contributed by atoms with Crippen LogP contribution in [0, 0.1) is 41.9 Å². The highest BCUT2D eigenvalue weighted by Gasteiger charge is 2.67. The largest absolute Gasteiger partial charge is 0.502 e. The van der Waals surface area contributed by atoms with E-state index in [1.807, 2.05) is 37.3 Å². The highest BCUT2D eigenvalue weighted by Crippen LogP contribution is 2.61. The molecule has 0 radical (unpaired) electrons. The fraction of sp³-hybridized carbons (Fsp3) is 0.381. The van der Waals surface area contributed by atoms with Crippen LogP contribution in [0.4, 0.5) is 5.82 Å². The summed E-state index contributed by atoms with van der Waals surface area (Å²) >= 11 is 7.86. The highest BCUT2D eigenvalue weighted by atomic mass is 35.5. The van der Waals surface area contributed by atoms with Crippen LogP contribution in [0.25, 0.3) is 26.7 Å². The van der Waals surface area contributed by atoms with Gasteiger partial charge in [-0.15, -0.1) is 11.3 Å². The van der Waals surface area contributed by atoms with Crippen LogP contribution >= 0.6 is 22.9 Å². The lowest BCUT2D eigenvalue weighted by Crippen LogP contribution is -2.49. The van der Waals surface area contributed by atoms with Crippen LogP contribution in [-0.4, -0.2) is 75.3 Å². The Hall–Kier alpha value is -5.47. The van der Waals surface area contributed by atoms with E-state index in [1.165, 1.54) is 24.0 Å². The Balaban J connectivity index is 1.21. The number of carbonyl (C=O) groups is 5. The van der Waals surface area contributed by atoms with Crippen LogP contribution in [-0.2, 0) is 31.0 Å². The van der Waals surface area contributed by atoms with Gasteiger partial charge in [0.05, 0.1) is 42.3 Å². The van der Waals surface area contributed by atoms with Crippen LogP contribution in [0.5, 0.6) is 17.2 Å². The number of carbonyl (C=O) groups excluding carboxylic acids is 4. The lowest BCUT2D eigenvalue weighted by Gasteiger charge is -2.47. The Labute approximate surface area is 337 Å². The summed E-state index contributed by atoms with van der Waals surface area (Å²) in [5, 5.41) is 26.2. The standard InChI is InChI=1S/C42H41ClN4O9S/c1-20-25-17-22(43)9-13-32(25)57-37(20)29-19-33(45(3)44-29)47-39(52)28-18-26-23(10-11-24-35(26)40(53)46(38(24)51)14-6-7-34(48)49)27(42(28,2)41(47)54)12-8-21-15-30(55-4)36(50)31(16-21)56-5/h8-10,12-13,15-17,19,24,26-28,35,50H,6-7,11,14,18H2,1-5H3,(H,48,49)/t24-,26+,27-,28-,35-,42-/m0/s1. The first-order chi connectivity index (χ1) is 27.2. The third-order valence-electron chi connectivity index (χ3n) is 12.4. The van der Waals surface area contributed by atoms with Gasteiger partial charge in [-0.1, -0.05) is 35.4 Å². The first-order valence-electron chi connectivity index (χ1n) is 18.7. The number of allylic oxidation sites excluding steroid dienone is 3. The number of thiophene rings is 1. The molecular formula is C42H41ClN4O9S. The number of imide groups is 2. The summed E-state index contributed by atoms with van der Waals surface area (Å²) in [5.74, 6) is -5.55. The number of benzene rings is 2. The number of aliphatic carboxylic acids is 1. The second-order valence-corrected chi connectivity index (χ2v) is 16.9. The number of ether oxygens (including phenoxy) is 2. The molecule has 2 aliphatic heterocycles. The molecule has 6 atom stereocenters. The van der Waals surface area contributed by atoms with E-state index in [0.29, 0.717) is 22.1 Å². The molecule has 15 heteroatoms. The number of hydrogen-bond acceptors (Lipinski definition) is 10. The van der Waals surface area contributed by atoms with Crippen molar-refractivity contribution in [2.45, 2.75) is 39.5 Å². The number of aromatic hydroxyl groups is 1. The number of anilines is 1. The van der Waals surface area contributed by atoms with Crippen LogP contribution in [0.1, 0.15) is 43.7 Å². The maximum absolute atomic E-state index is 15.1. The average molecular weight is 813 g/mol. The van der Waals surface area contributed by atoms with Crippen molar-refractivity contribution in [3.8, 4) is 27.8 Å². The molecule has 2 aliphatic carbocycles. The number of methoxy groups -OCH3 is 2. The van der Waals surface area contributed by atoms with E-state index in [1.54, 1.807) is 54.3 Å². The van der Waals surface area contributed by atoms with Crippen LogP contribution in [0.3, 0.4) is 0 Å². The van der Waals surface area contributed by atoms with Crippen LogP contribution < -0.4 is 14.4 Å². The number of nitrogens with zero attached hydrogens (tertiary/aromatic N) is 4. The van der Waals surface area contributed by atoms with Crippen LogP contribution in [0.2, 0.25) is 5.02 Å². The lowest BCUT2D eigenvalue weighted by atomic mass is 9.52. The summed E-state index contributed by atoms with van der Waals surface area (Å²) < 4.78 is 13.3. The molecule has 4 amide bonds. The van der Waals surface area contributed by atoms with Gasteiger partial charge in [-0.3, -0.25) is 33.6 Å². The number of phenols is 1. The second kappa shape index (κ2) is 14.2. The van der Waals surface area contributed by atoms with Gasteiger partial charge in [0, 0.05) is 41.7 Å². The number of amides is 4.